The standard InChI is InChI=1S/C21H18N2O4/c24-20(22-10-9-15-12-23-18-4-2-1-3-17(15)18)13-26-16-7-5-14-6-8-21(25)27-19(14)11-16/h1-8,11-12,23H,9-10,13H2,(H,22,24). The van der Waals surface area contributed by atoms with Gasteiger partial charge in [0.15, 0.2) is 6.61 Å². The summed E-state index contributed by atoms with van der Waals surface area (Å²) >= 11 is 0. The van der Waals surface area contributed by atoms with Gasteiger partial charge in [0, 0.05) is 41.2 Å². The summed E-state index contributed by atoms with van der Waals surface area (Å²) in [7, 11) is 0. The van der Waals surface area contributed by atoms with Gasteiger partial charge in [0.25, 0.3) is 5.91 Å². The highest BCUT2D eigenvalue weighted by Gasteiger charge is 2.06. The van der Waals surface area contributed by atoms with Crippen LogP contribution in [0, 0.1) is 0 Å². The first-order valence-corrected chi connectivity index (χ1v) is 8.67. The number of amides is 1. The second-order valence-electron chi connectivity index (χ2n) is 6.20. The van der Waals surface area contributed by atoms with Crippen molar-refractivity contribution < 1.29 is 13.9 Å². The molecule has 2 N–H and O–H groups in total. The Kier molecular flexibility index (Phi) is 4.61. The topological polar surface area (TPSA) is 84.3 Å². The molecule has 0 saturated carbocycles. The molecule has 0 spiro atoms. The highest BCUT2D eigenvalue weighted by atomic mass is 16.5. The summed E-state index contributed by atoms with van der Waals surface area (Å²) in [5.74, 6) is 0.271. The maximum Gasteiger partial charge on any atom is 0.336 e. The fourth-order valence-corrected chi connectivity index (χ4v) is 3.01. The Labute approximate surface area is 154 Å². The van der Waals surface area contributed by atoms with E-state index < -0.39 is 5.63 Å². The number of hydrogen-bond donors (Lipinski definition) is 2. The van der Waals surface area contributed by atoms with Crippen LogP contribution in [0.4, 0.5) is 0 Å². The van der Waals surface area contributed by atoms with Crippen LogP contribution in [0.25, 0.3) is 21.9 Å². The molecule has 0 atom stereocenters. The van der Waals surface area contributed by atoms with Crippen LogP contribution in [0.5, 0.6) is 5.75 Å². The summed E-state index contributed by atoms with van der Waals surface area (Å²) in [5, 5.41) is 4.81. The Bertz CT molecular complexity index is 1160. The van der Waals surface area contributed by atoms with Crippen molar-refractivity contribution in [2.75, 3.05) is 13.2 Å². The number of rotatable bonds is 6. The van der Waals surface area contributed by atoms with Crippen molar-refractivity contribution >= 4 is 27.8 Å². The summed E-state index contributed by atoms with van der Waals surface area (Å²) in [6, 6.07) is 16.2. The van der Waals surface area contributed by atoms with Gasteiger partial charge < -0.3 is 19.5 Å². The van der Waals surface area contributed by atoms with E-state index in [-0.39, 0.29) is 12.5 Å². The molecule has 0 saturated heterocycles. The number of carbonyl (C=O) groups is 1. The fourth-order valence-electron chi connectivity index (χ4n) is 3.01. The third kappa shape index (κ3) is 3.84. The Balaban J connectivity index is 1.30. The number of H-pyrrole nitrogens is 1. The molecule has 0 bridgehead atoms. The van der Waals surface area contributed by atoms with Gasteiger partial charge in [-0.15, -0.1) is 0 Å². The van der Waals surface area contributed by atoms with Crippen LogP contribution in [0.15, 0.2) is 70.0 Å². The van der Waals surface area contributed by atoms with E-state index in [4.69, 9.17) is 9.15 Å². The fraction of sp³-hybridized carbons (Fsp3) is 0.143. The first-order valence-electron chi connectivity index (χ1n) is 8.67. The molecule has 0 unspecified atom stereocenters. The summed E-state index contributed by atoms with van der Waals surface area (Å²) in [5.41, 5.74) is 2.26. The lowest BCUT2D eigenvalue weighted by molar-refractivity contribution is -0.123. The molecule has 0 aliphatic carbocycles. The van der Waals surface area contributed by atoms with Crippen molar-refractivity contribution in [3.05, 3.63) is 76.8 Å². The van der Waals surface area contributed by atoms with Gasteiger partial charge in [0.2, 0.25) is 0 Å². The lowest BCUT2D eigenvalue weighted by Crippen LogP contribution is -2.30. The molecule has 0 aliphatic rings. The molecule has 27 heavy (non-hydrogen) atoms. The predicted octanol–water partition coefficient (Wildman–Crippen LogP) is 3.01. The Hall–Kier alpha value is -3.54. The van der Waals surface area contributed by atoms with Crippen LogP contribution in [0.3, 0.4) is 0 Å². The van der Waals surface area contributed by atoms with E-state index >= 15 is 0 Å². The predicted molar refractivity (Wildman–Crippen MR) is 103 cm³/mol. The smallest absolute Gasteiger partial charge is 0.336 e. The van der Waals surface area contributed by atoms with Crippen molar-refractivity contribution in [2.24, 2.45) is 0 Å². The number of aromatic nitrogens is 1. The summed E-state index contributed by atoms with van der Waals surface area (Å²) < 4.78 is 10.6. The number of benzene rings is 2. The minimum Gasteiger partial charge on any atom is -0.484 e. The zero-order valence-electron chi connectivity index (χ0n) is 14.5. The van der Waals surface area contributed by atoms with Crippen molar-refractivity contribution in [2.45, 2.75) is 6.42 Å². The van der Waals surface area contributed by atoms with Gasteiger partial charge in [-0.2, -0.15) is 0 Å². The second kappa shape index (κ2) is 7.37. The van der Waals surface area contributed by atoms with E-state index in [1.54, 1.807) is 24.3 Å². The lowest BCUT2D eigenvalue weighted by atomic mass is 10.1. The Morgan fingerprint density at radius 1 is 1.11 bits per heavy atom. The monoisotopic (exact) mass is 362 g/mol. The number of ether oxygens (including phenoxy) is 1. The number of nitrogens with one attached hydrogen (secondary N) is 2. The molecule has 2 aromatic heterocycles. The van der Waals surface area contributed by atoms with Crippen LogP contribution < -0.4 is 15.7 Å². The van der Waals surface area contributed by atoms with Crippen molar-refractivity contribution in [3.8, 4) is 5.75 Å². The van der Waals surface area contributed by atoms with Crippen LogP contribution in [-0.4, -0.2) is 24.0 Å². The molecular formula is C21H18N2O4. The summed E-state index contributed by atoms with van der Waals surface area (Å²) in [6.45, 7) is 0.424. The van der Waals surface area contributed by atoms with Gasteiger partial charge in [-0.3, -0.25) is 4.79 Å². The molecule has 4 rings (SSSR count). The first-order chi connectivity index (χ1) is 13.2. The number of carbonyl (C=O) groups excluding carboxylic acids is 1. The number of aromatic amines is 1. The third-order valence-electron chi connectivity index (χ3n) is 4.36. The summed E-state index contributed by atoms with van der Waals surface area (Å²) in [6.07, 6.45) is 2.70. The third-order valence-corrected chi connectivity index (χ3v) is 4.36. The van der Waals surface area contributed by atoms with E-state index in [1.807, 2.05) is 24.4 Å². The molecular weight excluding hydrogens is 344 g/mol. The summed E-state index contributed by atoms with van der Waals surface area (Å²) in [4.78, 5) is 26.5. The van der Waals surface area contributed by atoms with E-state index in [0.29, 0.717) is 17.9 Å². The first kappa shape index (κ1) is 16.9. The van der Waals surface area contributed by atoms with Gasteiger partial charge >= 0.3 is 5.63 Å². The largest absolute Gasteiger partial charge is 0.484 e. The van der Waals surface area contributed by atoms with Crippen LogP contribution >= 0.6 is 0 Å². The average Bonchev–Trinajstić information content (AvgIpc) is 3.09. The van der Waals surface area contributed by atoms with E-state index in [2.05, 4.69) is 16.4 Å². The number of fused-ring (bicyclic) bond motifs is 2. The molecule has 2 aromatic carbocycles. The quantitative estimate of drug-likeness (QED) is 0.517. The number of para-hydroxylation sites is 1. The second-order valence-corrected chi connectivity index (χ2v) is 6.20. The van der Waals surface area contributed by atoms with Crippen molar-refractivity contribution in [1.29, 1.82) is 0 Å². The minimum absolute atomic E-state index is 0.101. The van der Waals surface area contributed by atoms with Crippen LogP contribution in [0.1, 0.15) is 5.56 Å². The minimum atomic E-state index is -0.422. The van der Waals surface area contributed by atoms with E-state index in [0.717, 1.165) is 22.9 Å². The zero-order valence-corrected chi connectivity index (χ0v) is 14.5. The zero-order chi connectivity index (χ0) is 18.6. The molecule has 6 heteroatoms. The van der Waals surface area contributed by atoms with Gasteiger partial charge in [-0.05, 0) is 36.2 Å². The Morgan fingerprint density at radius 3 is 2.89 bits per heavy atom. The average molecular weight is 362 g/mol. The Morgan fingerprint density at radius 2 is 1.96 bits per heavy atom. The maximum atomic E-state index is 12.0. The van der Waals surface area contributed by atoms with E-state index in [1.165, 1.54) is 11.5 Å². The SMILES string of the molecule is O=C(COc1ccc2ccc(=O)oc2c1)NCCc1c[nH]c2ccccc12. The van der Waals surface area contributed by atoms with Crippen LogP contribution in [0.2, 0.25) is 0 Å². The molecule has 2 heterocycles. The van der Waals surface area contributed by atoms with Gasteiger partial charge in [-0.25, -0.2) is 4.79 Å². The molecule has 6 nitrogen and oxygen atoms in total. The molecule has 0 fully saturated rings. The highest BCUT2D eigenvalue weighted by Crippen LogP contribution is 2.19. The molecule has 4 aromatic rings. The molecule has 0 aliphatic heterocycles. The van der Waals surface area contributed by atoms with Crippen LogP contribution in [-0.2, 0) is 11.2 Å². The number of hydrogen-bond acceptors (Lipinski definition) is 4. The highest BCUT2D eigenvalue weighted by molar-refractivity contribution is 5.83. The normalized spacial score (nSPS) is 11.0. The lowest BCUT2D eigenvalue weighted by Gasteiger charge is -2.08. The molecule has 136 valence electrons. The van der Waals surface area contributed by atoms with Gasteiger partial charge in [0.05, 0.1) is 0 Å². The van der Waals surface area contributed by atoms with Gasteiger partial charge in [0.1, 0.15) is 11.3 Å². The molecule has 0 radical (unpaired) electrons. The maximum absolute atomic E-state index is 12.0. The van der Waals surface area contributed by atoms with Gasteiger partial charge in [-0.1, -0.05) is 18.2 Å². The van der Waals surface area contributed by atoms with E-state index in [9.17, 15) is 9.59 Å². The van der Waals surface area contributed by atoms with Crippen molar-refractivity contribution in [3.63, 3.8) is 0 Å². The van der Waals surface area contributed by atoms with Crippen molar-refractivity contribution in [1.82, 2.24) is 10.3 Å². The molecule has 1 amide bonds.